The highest BCUT2D eigenvalue weighted by molar-refractivity contribution is 6.01. The molecule has 3 N–H and O–H groups in total. The highest BCUT2D eigenvalue weighted by Gasteiger charge is 2.57. The van der Waals surface area contributed by atoms with E-state index in [2.05, 4.69) is 37.7 Å². The number of amides is 2. The third kappa shape index (κ3) is 3.16. The molecule has 2 aliphatic rings. The first-order valence-corrected chi connectivity index (χ1v) is 9.63. The van der Waals surface area contributed by atoms with Crippen LogP contribution in [0.25, 0.3) is 0 Å². The van der Waals surface area contributed by atoms with E-state index in [0.717, 1.165) is 11.1 Å². The number of aromatic amines is 1. The number of hydrogen-bond acceptors (Lipinski definition) is 5. The summed E-state index contributed by atoms with van der Waals surface area (Å²) < 4.78 is 0. The zero-order valence-corrected chi connectivity index (χ0v) is 15.8. The van der Waals surface area contributed by atoms with Gasteiger partial charge in [0, 0.05) is 12.6 Å². The topological polar surface area (TPSA) is 113 Å². The molecule has 1 aromatic carbocycles. The van der Waals surface area contributed by atoms with Gasteiger partial charge in [0.15, 0.2) is 0 Å². The number of anilines is 1. The van der Waals surface area contributed by atoms with Gasteiger partial charge in [-0.05, 0) is 34.9 Å². The van der Waals surface area contributed by atoms with E-state index in [1.54, 1.807) is 6.20 Å². The minimum Gasteiger partial charge on any atom is -0.337 e. The van der Waals surface area contributed by atoms with Gasteiger partial charge in [-0.2, -0.15) is 0 Å². The summed E-state index contributed by atoms with van der Waals surface area (Å²) in [5, 5.41) is 12.5. The standard InChI is InChI=1S/C21H20N6O2/c1-11-15-13-8-5-9-22-18(13)25-20(28)17(16(11)15)24-21(29)19-23-14(26-27-19)10-12-6-3-2-4-7-12/h2-9,11,15-17H,10H2,1H3,(H,24,29)(H,22,25,28)(H,23,26,27)/t11-,15-,16+,17-/m0/s1. The molecule has 8 heteroatoms. The van der Waals surface area contributed by atoms with Crippen molar-refractivity contribution in [3.8, 4) is 0 Å². The quantitative estimate of drug-likeness (QED) is 0.632. The van der Waals surface area contributed by atoms with Crippen LogP contribution in [-0.4, -0.2) is 38.0 Å². The van der Waals surface area contributed by atoms with Gasteiger partial charge in [0.2, 0.25) is 11.7 Å². The van der Waals surface area contributed by atoms with Crippen LogP contribution in [-0.2, 0) is 11.2 Å². The van der Waals surface area contributed by atoms with E-state index in [-0.39, 0.29) is 29.5 Å². The maximum absolute atomic E-state index is 12.8. The Balaban J connectivity index is 1.32. The zero-order chi connectivity index (χ0) is 20.0. The van der Waals surface area contributed by atoms with E-state index in [9.17, 15) is 9.59 Å². The molecule has 1 fully saturated rings. The second-order valence-electron chi connectivity index (χ2n) is 7.61. The molecule has 0 unspecified atom stereocenters. The van der Waals surface area contributed by atoms with Gasteiger partial charge in [-0.25, -0.2) is 9.97 Å². The fourth-order valence-electron chi connectivity index (χ4n) is 4.29. The highest BCUT2D eigenvalue weighted by Crippen LogP contribution is 2.58. The Morgan fingerprint density at radius 2 is 2.00 bits per heavy atom. The fraction of sp³-hybridized carbons (Fsp3) is 0.286. The predicted molar refractivity (Wildman–Crippen MR) is 105 cm³/mol. The molecule has 1 aliphatic heterocycles. The van der Waals surface area contributed by atoms with Crippen molar-refractivity contribution < 1.29 is 9.59 Å². The Bertz CT molecular complexity index is 1080. The van der Waals surface area contributed by atoms with Crippen molar-refractivity contribution in [3.63, 3.8) is 0 Å². The van der Waals surface area contributed by atoms with Crippen LogP contribution in [0, 0.1) is 11.8 Å². The third-order valence-electron chi connectivity index (χ3n) is 5.79. The van der Waals surface area contributed by atoms with Crippen molar-refractivity contribution in [2.75, 3.05) is 5.32 Å². The largest absolute Gasteiger partial charge is 0.337 e. The summed E-state index contributed by atoms with van der Waals surface area (Å²) in [7, 11) is 0. The van der Waals surface area contributed by atoms with Gasteiger partial charge >= 0.3 is 0 Å². The Hall–Kier alpha value is -3.55. The number of pyridine rings is 1. The number of carbonyl (C=O) groups excluding carboxylic acids is 2. The summed E-state index contributed by atoms with van der Waals surface area (Å²) in [4.78, 5) is 34.1. The number of aromatic nitrogens is 4. The number of nitrogens with zero attached hydrogens (tertiary/aromatic N) is 3. The summed E-state index contributed by atoms with van der Waals surface area (Å²) in [6.45, 7) is 2.09. The predicted octanol–water partition coefficient (Wildman–Crippen LogP) is 1.89. The molecule has 5 rings (SSSR count). The molecule has 29 heavy (non-hydrogen) atoms. The van der Waals surface area contributed by atoms with Gasteiger partial charge in [-0.1, -0.05) is 43.3 Å². The highest BCUT2D eigenvalue weighted by atomic mass is 16.2. The number of hydrogen-bond donors (Lipinski definition) is 3. The fourth-order valence-corrected chi connectivity index (χ4v) is 4.29. The summed E-state index contributed by atoms with van der Waals surface area (Å²) >= 11 is 0. The van der Waals surface area contributed by atoms with Crippen LogP contribution >= 0.6 is 0 Å². The van der Waals surface area contributed by atoms with Gasteiger partial charge in [0.05, 0.1) is 0 Å². The van der Waals surface area contributed by atoms with Crippen molar-refractivity contribution in [3.05, 3.63) is 71.4 Å². The van der Waals surface area contributed by atoms with Crippen LogP contribution in [0.2, 0.25) is 0 Å². The monoisotopic (exact) mass is 388 g/mol. The SMILES string of the molecule is C[C@H]1[C@H]2c3cccnc3NC(=O)[C@@H](NC(=O)c3n[nH]c(Cc4ccccc4)n3)[C@H]12. The second-order valence-corrected chi connectivity index (χ2v) is 7.61. The van der Waals surface area contributed by atoms with Gasteiger partial charge < -0.3 is 10.6 Å². The van der Waals surface area contributed by atoms with E-state index in [0.29, 0.717) is 18.1 Å². The molecule has 3 heterocycles. The molecule has 8 nitrogen and oxygen atoms in total. The molecule has 4 atom stereocenters. The Labute approximate surface area is 167 Å². The summed E-state index contributed by atoms with van der Waals surface area (Å²) in [6, 6.07) is 13.0. The maximum atomic E-state index is 12.8. The van der Waals surface area contributed by atoms with Gasteiger partial charge in [-0.15, -0.1) is 5.10 Å². The molecule has 0 spiro atoms. The van der Waals surface area contributed by atoms with Crippen LogP contribution < -0.4 is 10.6 Å². The molecule has 2 aromatic heterocycles. The normalized spacial score (nSPS) is 24.7. The zero-order valence-electron chi connectivity index (χ0n) is 15.8. The number of benzene rings is 1. The molecular formula is C21H20N6O2. The lowest BCUT2D eigenvalue weighted by atomic mass is 10.1. The van der Waals surface area contributed by atoms with Crippen molar-refractivity contribution in [2.45, 2.75) is 25.3 Å². The van der Waals surface area contributed by atoms with Crippen LogP contribution in [0.1, 0.15) is 40.4 Å². The molecule has 1 saturated carbocycles. The van der Waals surface area contributed by atoms with Crippen molar-refractivity contribution >= 4 is 17.6 Å². The van der Waals surface area contributed by atoms with Crippen LogP contribution in [0.3, 0.4) is 0 Å². The Morgan fingerprint density at radius 3 is 2.83 bits per heavy atom. The summed E-state index contributed by atoms with van der Waals surface area (Å²) in [6.07, 6.45) is 2.20. The number of fused-ring (bicyclic) bond motifs is 3. The van der Waals surface area contributed by atoms with Crippen LogP contribution in [0.4, 0.5) is 5.82 Å². The van der Waals surface area contributed by atoms with E-state index in [1.165, 1.54) is 0 Å². The van der Waals surface area contributed by atoms with Crippen molar-refractivity contribution in [1.82, 2.24) is 25.5 Å². The van der Waals surface area contributed by atoms with E-state index < -0.39 is 11.9 Å². The molecule has 0 radical (unpaired) electrons. The first-order chi connectivity index (χ1) is 14.1. The van der Waals surface area contributed by atoms with Crippen LogP contribution in [0.15, 0.2) is 48.7 Å². The molecular weight excluding hydrogens is 368 g/mol. The first-order valence-electron chi connectivity index (χ1n) is 9.63. The number of rotatable bonds is 4. The summed E-state index contributed by atoms with van der Waals surface area (Å²) in [5.41, 5.74) is 2.09. The molecule has 0 bridgehead atoms. The van der Waals surface area contributed by atoms with E-state index >= 15 is 0 Å². The number of H-pyrrole nitrogens is 1. The Morgan fingerprint density at radius 1 is 1.17 bits per heavy atom. The lowest BCUT2D eigenvalue weighted by Crippen LogP contribution is -2.45. The third-order valence-corrected chi connectivity index (χ3v) is 5.79. The van der Waals surface area contributed by atoms with Gasteiger partial charge in [-0.3, -0.25) is 14.7 Å². The number of nitrogens with one attached hydrogen (secondary N) is 3. The average molecular weight is 388 g/mol. The molecule has 1 aliphatic carbocycles. The van der Waals surface area contributed by atoms with E-state index in [4.69, 9.17) is 0 Å². The molecule has 146 valence electrons. The minimum absolute atomic E-state index is 0.0344. The first kappa shape index (κ1) is 17.5. The van der Waals surface area contributed by atoms with Crippen LogP contribution in [0.5, 0.6) is 0 Å². The second kappa shape index (κ2) is 6.80. The lowest BCUT2D eigenvalue weighted by molar-refractivity contribution is -0.118. The van der Waals surface area contributed by atoms with Crippen molar-refractivity contribution in [1.29, 1.82) is 0 Å². The minimum atomic E-state index is -0.646. The molecule has 2 amide bonds. The smallest absolute Gasteiger partial charge is 0.291 e. The lowest BCUT2D eigenvalue weighted by Gasteiger charge is -2.16. The summed E-state index contributed by atoms with van der Waals surface area (Å²) in [5.74, 6) is 1.02. The molecule has 3 aromatic rings. The van der Waals surface area contributed by atoms with Gasteiger partial charge in [0.1, 0.15) is 17.7 Å². The van der Waals surface area contributed by atoms with E-state index in [1.807, 2.05) is 42.5 Å². The maximum Gasteiger partial charge on any atom is 0.291 e. The Kier molecular flexibility index (Phi) is 4.12. The number of carbonyl (C=O) groups is 2. The van der Waals surface area contributed by atoms with Gasteiger partial charge in [0.25, 0.3) is 5.91 Å². The van der Waals surface area contributed by atoms with Crippen molar-refractivity contribution in [2.24, 2.45) is 11.8 Å². The average Bonchev–Trinajstić information content (AvgIpc) is 3.18. The molecule has 0 saturated heterocycles.